The molecular formula is C15H20N2O3. The number of aromatic carboxylic acids is 1. The second kappa shape index (κ2) is 6.50. The van der Waals surface area contributed by atoms with E-state index in [0.717, 1.165) is 25.7 Å². The molecule has 1 amide bonds. The fourth-order valence-electron chi connectivity index (χ4n) is 2.79. The smallest absolute Gasteiger partial charge is 0.335 e. The number of carbonyl (C=O) groups excluding carboxylic acids is 1. The summed E-state index contributed by atoms with van der Waals surface area (Å²) in [7, 11) is 0. The molecule has 0 bridgehead atoms. The summed E-state index contributed by atoms with van der Waals surface area (Å²) >= 11 is 0. The van der Waals surface area contributed by atoms with Gasteiger partial charge in [-0.2, -0.15) is 0 Å². The van der Waals surface area contributed by atoms with E-state index in [9.17, 15) is 9.59 Å². The molecule has 1 N–H and O–H groups in total. The number of carboxylic acids is 1. The van der Waals surface area contributed by atoms with Gasteiger partial charge in [-0.25, -0.2) is 4.79 Å². The number of hydrogen-bond acceptors (Lipinski definition) is 3. The topological polar surface area (TPSA) is 70.5 Å². The number of hydrogen-bond donors (Lipinski definition) is 1. The van der Waals surface area contributed by atoms with Crippen LogP contribution in [0.5, 0.6) is 0 Å². The fourth-order valence-corrected chi connectivity index (χ4v) is 2.79. The number of rotatable bonds is 4. The van der Waals surface area contributed by atoms with Crippen molar-refractivity contribution in [2.45, 2.75) is 45.1 Å². The third kappa shape index (κ3) is 3.15. The van der Waals surface area contributed by atoms with Gasteiger partial charge in [0, 0.05) is 18.8 Å². The van der Waals surface area contributed by atoms with E-state index >= 15 is 0 Å². The molecule has 0 unspecified atom stereocenters. The standard InChI is InChI=1S/C15H20N2O3/c1-2-17(12-6-4-3-5-7-12)14(18)13-10-11(15(19)20)8-9-16-13/h8-10,12H,2-7H2,1H3,(H,19,20). The molecule has 1 aromatic heterocycles. The number of nitrogens with zero attached hydrogens (tertiary/aromatic N) is 2. The van der Waals surface area contributed by atoms with Crippen LogP contribution >= 0.6 is 0 Å². The molecule has 1 aromatic rings. The Morgan fingerprint density at radius 2 is 2.05 bits per heavy atom. The first-order valence-electron chi connectivity index (χ1n) is 7.13. The molecule has 0 saturated heterocycles. The molecule has 5 nitrogen and oxygen atoms in total. The minimum atomic E-state index is -1.04. The quantitative estimate of drug-likeness (QED) is 0.917. The largest absolute Gasteiger partial charge is 0.478 e. The van der Waals surface area contributed by atoms with Gasteiger partial charge >= 0.3 is 5.97 Å². The van der Waals surface area contributed by atoms with Crippen LogP contribution in [0, 0.1) is 0 Å². The van der Waals surface area contributed by atoms with Gasteiger partial charge in [-0.15, -0.1) is 0 Å². The van der Waals surface area contributed by atoms with E-state index in [4.69, 9.17) is 5.11 Å². The lowest BCUT2D eigenvalue weighted by Gasteiger charge is -2.33. The molecule has 1 aliphatic rings. The Morgan fingerprint density at radius 1 is 1.35 bits per heavy atom. The van der Waals surface area contributed by atoms with E-state index in [2.05, 4.69) is 4.98 Å². The maximum absolute atomic E-state index is 12.5. The van der Waals surface area contributed by atoms with E-state index in [-0.39, 0.29) is 23.2 Å². The summed E-state index contributed by atoms with van der Waals surface area (Å²) in [5, 5.41) is 8.98. The van der Waals surface area contributed by atoms with Crippen LogP contribution in [0.3, 0.4) is 0 Å². The number of aromatic nitrogens is 1. The third-order valence-electron chi connectivity index (χ3n) is 3.84. The summed E-state index contributed by atoms with van der Waals surface area (Å²) in [6.45, 7) is 2.58. The van der Waals surface area contributed by atoms with Gasteiger partial charge in [0.15, 0.2) is 0 Å². The number of pyridine rings is 1. The first-order chi connectivity index (χ1) is 9.63. The molecule has 0 radical (unpaired) electrons. The van der Waals surface area contributed by atoms with Crippen molar-refractivity contribution in [3.8, 4) is 0 Å². The van der Waals surface area contributed by atoms with Crippen molar-refractivity contribution < 1.29 is 14.7 Å². The van der Waals surface area contributed by atoms with Crippen molar-refractivity contribution >= 4 is 11.9 Å². The Bertz CT molecular complexity index is 496. The molecule has 0 atom stereocenters. The minimum Gasteiger partial charge on any atom is -0.478 e. The van der Waals surface area contributed by atoms with E-state index in [1.54, 1.807) is 0 Å². The fraction of sp³-hybridized carbons (Fsp3) is 0.533. The Kier molecular flexibility index (Phi) is 4.71. The first-order valence-corrected chi connectivity index (χ1v) is 7.13. The molecule has 0 spiro atoms. The lowest BCUT2D eigenvalue weighted by Crippen LogP contribution is -2.41. The van der Waals surface area contributed by atoms with Gasteiger partial charge in [0.25, 0.3) is 5.91 Å². The molecule has 1 aliphatic carbocycles. The highest BCUT2D eigenvalue weighted by molar-refractivity contribution is 5.95. The lowest BCUT2D eigenvalue weighted by atomic mass is 9.94. The van der Waals surface area contributed by atoms with Gasteiger partial charge in [0.1, 0.15) is 5.69 Å². The molecule has 5 heteroatoms. The summed E-state index contributed by atoms with van der Waals surface area (Å²) in [4.78, 5) is 29.3. The Morgan fingerprint density at radius 3 is 2.65 bits per heavy atom. The van der Waals surface area contributed by atoms with Gasteiger partial charge in [-0.3, -0.25) is 9.78 Å². The first kappa shape index (κ1) is 14.5. The Balaban J connectivity index is 2.19. The predicted octanol–water partition coefficient (Wildman–Crippen LogP) is 2.57. The SMILES string of the molecule is CCN(C(=O)c1cc(C(=O)O)ccn1)C1CCCCC1. The zero-order valence-corrected chi connectivity index (χ0v) is 11.7. The molecule has 2 rings (SSSR count). The van der Waals surface area contributed by atoms with Crippen molar-refractivity contribution in [3.63, 3.8) is 0 Å². The minimum absolute atomic E-state index is 0.100. The van der Waals surface area contributed by atoms with Gasteiger partial charge in [-0.1, -0.05) is 19.3 Å². The van der Waals surface area contributed by atoms with E-state index < -0.39 is 5.97 Å². The molecule has 0 aromatic carbocycles. The molecule has 0 aliphatic heterocycles. The Labute approximate surface area is 118 Å². The van der Waals surface area contributed by atoms with Crippen molar-refractivity contribution in [2.24, 2.45) is 0 Å². The highest BCUT2D eigenvalue weighted by Gasteiger charge is 2.26. The van der Waals surface area contributed by atoms with Crippen LogP contribution < -0.4 is 0 Å². The van der Waals surface area contributed by atoms with Crippen molar-refractivity contribution in [3.05, 3.63) is 29.6 Å². The summed E-state index contributed by atoms with van der Waals surface area (Å²) < 4.78 is 0. The summed E-state index contributed by atoms with van der Waals surface area (Å²) in [5.74, 6) is -1.20. The average Bonchev–Trinajstić information content (AvgIpc) is 2.49. The monoisotopic (exact) mass is 276 g/mol. The second-order valence-corrected chi connectivity index (χ2v) is 5.12. The van der Waals surface area contributed by atoms with E-state index in [1.165, 1.54) is 24.8 Å². The molecular weight excluding hydrogens is 256 g/mol. The highest BCUT2D eigenvalue weighted by atomic mass is 16.4. The highest BCUT2D eigenvalue weighted by Crippen LogP contribution is 2.23. The van der Waals surface area contributed by atoms with Gasteiger partial charge in [0.2, 0.25) is 0 Å². The summed E-state index contributed by atoms with van der Waals surface area (Å²) in [6, 6.07) is 3.02. The molecule has 108 valence electrons. The van der Waals surface area contributed by atoms with Gasteiger partial charge < -0.3 is 10.0 Å². The number of amides is 1. The normalized spacial score (nSPS) is 15.8. The Hall–Kier alpha value is -1.91. The summed E-state index contributed by atoms with van der Waals surface area (Å²) in [5.41, 5.74) is 0.320. The second-order valence-electron chi connectivity index (χ2n) is 5.12. The predicted molar refractivity (Wildman–Crippen MR) is 74.8 cm³/mol. The number of carbonyl (C=O) groups is 2. The van der Waals surface area contributed by atoms with E-state index in [0.29, 0.717) is 6.54 Å². The average molecular weight is 276 g/mol. The molecule has 20 heavy (non-hydrogen) atoms. The van der Waals surface area contributed by atoms with Crippen LogP contribution in [0.4, 0.5) is 0 Å². The summed E-state index contributed by atoms with van der Waals surface area (Å²) in [6.07, 6.45) is 6.96. The van der Waals surface area contributed by atoms with Crippen LogP contribution in [-0.2, 0) is 0 Å². The molecule has 1 saturated carbocycles. The van der Waals surface area contributed by atoms with Crippen LogP contribution in [0.1, 0.15) is 59.9 Å². The van der Waals surface area contributed by atoms with Crippen LogP contribution in [0.25, 0.3) is 0 Å². The zero-order valence-electron chi connectivity index (χ0n) is 11.7. The van der Waals surface area contributed by atoms with Crippen LogP contribution in [0.2, 0.25) is 0 Å². The van der Waals surface area contributed by atoms with Crippen LogP contribution in [-0.4, -0.2) is 39.5 Å². The lowest BCUT2D eigenvalue weighted by molar-refractivity contribution is 0.0642. The molecule has 1 fully saturated rings. The third-order valence-corrected chi connectivity index (χ3v) is 3.84. The maximum atomic E-state index is 12.5. The van der Waals surface area contributed by atoms with Gasteiger partial charge in [0.05, 0.1) is 5.56 Å². The zero-order chi connectivity index (χ0) is 14.5. The van der Waals surface area contributed by atoms with Gasteiger partial charge in [-0.05, 0) is 31.9 Å². The maximum Gasteiger partial charge on any atom is 0.335 e. The van der Waals surface area contributed by atoms with Crippen molar-refractivity contribution in [1.82, 2.24) is 9.88 Å². The number of carboxylic acid groups (broad SMARTS) is 1. The van der Waals surface area contributed by atoms with Crippen LogP contribution in [0.15, 0.2) is 18.3 Å². The van der Waals surface area contributed by atoms with E-state index in [1.807, 2.05) is 11.8 Å². The van der Waals surface area contributed by atoms with Crippen molar-refractivity contribution in [1.29, 1.82) is 0 Å². The molecule has 1 heterocycles. The van der Waals surface area contributed by atoms with Crippen molar-refractivity contribution in [2.75, 3.05) is 6.54 Å².